The molecule has 0 aliphatic carbocycles. The number of carboxylic acid groups (broad SMARTS) is 1. The predicted molar refractivity (Wildman–Crippen MR) is 172 cm³/mol. The van der Waals surface area contributed by atoms with Gasteiger partial charge in [0, 0.05) is 17.5 Å². The summed E-state index contributed by atoms with van der Waals surface area (Å²) in [6, 6.07) is 4.39. The molecule has 50 heavy (non-hydrogen) atoms. The fraction of sp³-hybridized carbons (Fsp3) is 0.500. The minimum atomic E-state index is -5.23. The molecule has 2 aromatic rings. The third-order valence-corrected chi connectivity index (χ3v) is 7.96. The second kappa shape index (κ2) is 17.5. The van der Waals surface area contributed by atoms with Crippen molar-refractivity contribution in [1.82, 2.24) is 9.80 Å². The van der Waals surface area contributed by atoms with Crippen LogP contribution in [0.2, 0.25) is 0 Å². The number of hydrogen-bond acceptors (Lipinski definition) is 7. The normalized spacial score (nSPS) is 15.2. The molecule has 10 nitrogen and oxygen atoms in total. The molecule has 16 heteroatoms. The zero-order chi connectivity index (χ0) is 37.2. The highest BCUT2D eigenvalue weighted by Crippen LogP contribution is 2.37. The molecule has 3 amide bonds. The van der Waals surface area contributed by atoms with Crippen molar-refractivity contribution in [2.24, 2.45) is 10.9 Å². The molecule has 3 rings (SSSR count). The van der Waals surface area contributed by atoms with Crippen LogP contribution >= 0.6 is 0 Å². The fourth-order valence-electron chi connectivity index (χ4n) is 5.30. The summed E-state index contributed by atoms with van der Waals surface area (Å²) in [4.78, 5) is 57.4. The van der Waals surface area contributed by atoms with E-state index in [-0.39, 0.29) is 37.0 Å². The number of imide groups is 1. The summed E-state index contributed by atoms with van der Waals surface area (Å²) in [6.45, 7) is 6.31. The van der Waals surface area contributed by atoms with Crippen molar-refractivity contribution in [1.29, 1.82) is 0 Å². The Bertz CT molecular complexity index is 1520. The van der Waals surface area contributed by atoms with Crippen LogP contribution in [0.5, 0.6) is 0 Å². The van der Waals surface area contributed by atoms with Gasteiger partial charge in [0.15, 0.2) is 6.04 Å². The lowest BCUT2D eigenvalue weighted by molar-refractivity contribution is -0.143. The zero-order valence-corrected chi connectivity index (χ0v) is 27.9. The van der Waals surface area contributed by atoms with E-state index in [1.807, 2.05) is 18.7 Å². The van der Waals surface area contributed by atoms with Crippen molar-refractivity contribution in [3.8, 4) is 0 Å². The Morgan fingerprint density at radius 1 is 0.980 bits per heavy atom. The van der Waals surface area contributed by atoms with E-state index in [1.165, 1.54) is 31.2 Å². The first-order valence-corrected chi connectivity index (χ1v) is 16.1. The van der Waals surface area contributed by atoms with Crippen molar-refractivity contribution in [3.63, 3.8) is 0 Å². The van der Waals surface area contributed by atoms with Crippen molar-refractivity contribution < 1.29 is 55.4 Å². The average Bonchev–Trinajstić information content (AvgIpc) is 3.47. The van der Waals surface area contributed by atoms with Gasteiger partial charge in [0.25, 0.3) is 0 Å². The first kappa shape index (κ1) is 40.0. The van der Waals surface area contributed by atoms with E-state index in [0.717, 1.165) is 30.6 Å². The van der Waals surface area contributed by atoms with Crippen molar-refractivity contribution in [2.75, 3.05) is 38.1 Å². The number of aliphatic imine (C=N–C) groups is 1. The Balaban J connectivity index is 2.18. The van der Waals surface area contributed by atoms with Gasteiger partial charge in [-0.3, -0.25) is 19.5 Å². The molecule has 1 aliphatic heterocycles. The number of nitrogens with one attached hydrogen (secondary N) is 1. The molecule has 0 bridgehead atoms. The van der Waals surface area contributed by atoms with Gasteiger partial charge in [0.2, 0.25) is 11.8 Å². The molecule has 0 radical (unpaired) electrons. The molecule has 1 heterocycles. The number of nitrogens with zero attached hydrogens (tertiary/aromatic N) is 3. The second-order valence-electron chi connectivity index (χ2n) is 12.0. The lowest BCUT2D eigenvalue weighted by Crippen LogP contribution is -2.36. The summed E-state index contributed by atoms with van der Waals surface area (Å²) < 4.78 is 88.4. The van der Waals surface area contributed by atoms with Crippen LogP contribution < -0.4 is 5.32 Å². The van der Waals surface area contributed by atoms with Crippen LogP contribution in [0.25, 0.3) is 0 Å². The molecule has 274 valence electrons. The Labute approximate surface area is 285 Å². The summed E-state index contributed by atoms with van der Waals surface area (Å²) in [5.41, 5.74) is -4.85. The molecule has 2 N–H and O–H groups in total. The van der Waals surface area contributed by atoms with Crippen molar-refractivity contribution in [3.05, 3.63) is 64.7 Å². The number of halogens is 6. The minimum absolute atomic E-state index is 0.0409. The third kappa shape index (κ3) is 11.0. The maximum Gasteiger partial charge on any atom is 0.416 e. The van der Waals surface area contributed by atoms with Crippen LogP contribution in [-0.4, -0.2) is 83.3 Å². The molecule has 2 atom stereocenters. The molecule has 1 saturated heterocycles. The number of carbonyl (C=O) groups is 4. The maximum absolute atomic E-state index is 14.0. The van der Waals surface area contributed by atoms with E-state index in [2.05, 4.69) is 10.3 Å². The van der Waals surface area contributed by atoms with Gasteiger partial charge in [0.1, 0.15) is 6.61 Å². The first-order valence-electron chi connectivity index (χ1n) is 16.1. The smallest absolute Gasteiger partial charge is 0.416 e. The zero-order valence-electron chi connectivity index (χ0n) is 27.9. The van der Waals surface area contributed by atoms with Crippen LogP contribution in [0.3, 0.4) is 0 Å². The van der Waals surface area contributed by atoms with Gasteiger partial charge >= 0.3 is 24.4 Å². The molecule has 1 fully saturated rings. The van der Waals surface area contributed by atoms with Gasteiger partial charge in [-0.1, -0.05) is 51.8 Å². The maximum atomic E-state index is 14.0. The number of cyclic esters (lactones) is 1. The predicted octanol–water partition coefficient (Wildman–Crippen LogP) is 6.86. The topological polar surface area (TPSA) is 129 Å². The molecule has 2 aromatic carbocycles. The summed E-state index contributed by atoms with van der Waals surface area (Å²) in [5, 5.41) is 12.9. The van der Waals surface area contributed by atoms with Gasteiger partial charge in [0.05, 0.1) is 35.6 Å². The monoisotopic (exact) mass is 714 g/mol. The Morgan fingerprint density at radius 2 is 1.56 bits per heavy atom. The van der Waals surface area contributed by atoms with Crippen LogP contribution in [0.4, 0.5) is 36.8 Å². The van der Waals surface area contributed by atoms with Crippen LogP contribution in [-0.2, 0) is 31.5 Å². The number of ether oxygens (including phenoxy) is 1. The number of hydrogen-bond donors (Lipinski definition) is 2. The number of carbonyl (C=O) groups excluding carboxylic acids is 3. The number of alkyl halides is 6. The number of rotatable bonds is 16. The molecular formula is C34H40F6N4O6. The number of unbranched alkanes of at least 4 members (excludes halogenated alkanes) is 2. The molecule has 1 aliphatic rings. The molecule has 0 unspecified atom stereocenters. The fourth-order valence-corrected chi connectivity index (χ4v) is 5.30. The largest absolute Gasteiger partial charge is 0.480 e. The van der Waals surface area contributed by atoms with Gasteiger partial charge in [-0.25, -0.2) is 14.5 Å². The number of benzene rings is 2. The number of anilines is 1. The lowest BCUT2D eigenvalue weighted by atomic mass is 9.93. The minimum Gasteiger partial charge on any atom is -0.480 e. The highest BCUT2D eigenvalue weighted by Gasteiger charge is 2.38. The van der Waals surface area contributed by atoms with Gasteiger partial charge in [-0.05, 0) is 56.1 Å². The molecule has 0 aromatic heterocycles. The Hall–Kier alpha value is -4.47. The third-order valence-electron chi connectivity index (χ3n) is 7.96. The standard InChI is InChI=1S/C34H40F6N4O6/c1-4-6-12-43(13-7-5-2)20-27(45)41-26-11-9-8-10-25(26)30(22-17-23(33(35,36)37)19-24(18-22)34(38,39)40)42-29(31(47)48)21(3)16-28(46)44-14-15-50-32(44)49/h8-11,17-19,21,29H,4-7,12-16,20H2,1-3H3,(H,41,45)(H,47,48)/t21-,29-/m1/s1. The van der Waals surface area contributed by atoms with Crippen LogP contribution in [0.15, 0.2) is 47.5 Å². The van der Waals surface area contributed by atoms with E-state index in [4.69, 9.17) is 4.74 Å². The van der Waals surface area contributed by atoms with Gasteiger partial charge in [-0.2, -0.15) is 26.3 Å². The van der Waals surface area contributed by atoms with Crippen molar-refractivity contribution in [2.45, 2.75) is 71.3 Å². The lowest BCUT2D eigenvalue weighted by Gasteiger charge is -2.23. The van der Waals surface area contributed by atoms with E-state index < -0.39 is 77.0 Å². The van der Waals surface area contributed by atoms with E-state index in [1.54, 1.807) is 0 Å². The average molecular weight is 715 g/mol. The van der Waals surface area contributed by atoms with Gasteiger partial charge in [-0.15, -0.1) is 0 Å². The molecular weight excluding hydrogens is 674 g/mol. The molecule has 0 saturated carbocycles. The summed E-state index contributed by atoms with van der Waals surface area (Å²) >= 11 is 0. The quantitative estimate of drug-likeness (QED) is 0.144. The summed E-state index contributed by atoms with van der Waals surface area (Å²) in [5.74, 6) is -4.16. The van der Waals surface area contributed by atoms with Gasteiger partial charge < -0.3 is 15.2 Å². The Morgan fingerprint density at radius 3 is 2.06 bits per heavy atom. The highest BCUT2D eigenvalue weighted by atomic mass is 19.4. The molecule has 0 spiro atoms. The van der Waals surface area contributed by atoms with E-state index >= 15 is 0 Å². The first-order chi connectivity index (χ1) is 23.5. The van der Waals surface area contributed by atoms with Crippen LogP contribution in [0.1, 0.15) is 75.1 Å². The summed E-state index contributed by atoms with van der Waals surface area (Å²) in [7, 11) is 0. The SMILES string of the molecule is CCCCN(CCCC)CC(=O)Nc1ccccc1C(=N[C@@H](C(=O)O)[C@H](C)CC(=O)N1CCOC1=O)c1cc(C(F)(F)F)cc(C(F)(F)F)c1. The Kier molecular flexibility index (Phi) is 14.0. The van der Waals surface area contributed by atoms with Crippen LogP contribution in [0, 0.1) is 5.92 Å². The summed E-state index contributed by atoms with van der Waals surface area (Å²) in [6.07, 6.45) is -8.58. The number of carboxylic acids is 1. The van der Waals surface area contributed by atoms with E-state index in [0.29, 0.717) is 25.2 Å². The highest BCUT2D eigenvalue weighted by molar-refractivity contribution is 6.18. The number of amides is 3. The second-order valence-corrected chi connectivity index (χ2v) is 12.0. The van der Waals surface area contributed by atoms with E-state index in [9.17, 15) is 50.6 Å². The number of para-hydroxylation sites is 1. The number of aliphatic carboxylic acids is 1. The van der Waals surface area contributed by atoms with Crippen molar-refractivity contribution >= 4 is 35.3 Å².